The van der Waals surface area contributed by atoms with Gasteiger partial charge in [0.2, 0.25) is 5.78 Å². The monoisotopic (exact) mass is 234 g/mol. The first-order valence-electron chi connectivity index (χ1n) is 5.96. The summed E-state index contributed by atoms with van der Waals surface area (Å²) < 4.78 is 5.58. The van der Waals surface area contributed by atoms with Crippen molar-refractivity contribution in [3.8, 4) is 5.75 Å². The van der Waals surface area contributed by atoms with Crippen LogP contribution in [0.15, 0.2) is 48.5 Å². The third-order valence-corrected chi connectivity index (χ3v) is 3.51. The fourth-order valence-corrected chi connectivity index (χ4v) is 2.75. The Kier molecular flexibility index (Phi) is 1.78. The van der Waals surface area contributed by atoms with Crippen molar-refractivity contribution in [1.82, 2.24) is 0 Å². The SMILES string of the molecule is O=C1COc2c1c1ccccc1c1ccccc21. The Hall–Kier alpha value is -2.35. The fourth-order valence-electron chi connectivity index (χ4n) is 2.75. The van der Waals surface area contributed by atoms with E-state index in [0.717, 1.165) is 32.9 Å². The highest BCUT2D eigenvalue weighted by Crippen LogP contribution is 2.40. The van der Waals surface area contributed by atoms with E-state index < -0.39 is 0 Å². The molecule has 0 saturated heterocycles. The van der Waals surface area contributed by atoms with Crippen LogP contribution >= 0.6 is 0 Å². The van der Waals surface area contributed by atoms with E-state index >= 15 is 0 Å². The highest BCUT2D eigenvalue weighted by atomic mass is 16.5. The predicted octanol–water partition coefficient (Wildman–Crippen LogP) is 3.57. The second-order valence-electron chi connectivity index (χ2n) is 4.51. The van der Waals surface area contributed by atoms with Crippen LogP contribution in [0.1, 0.15) is 10.4 Å². The molecule has 0 amide bonds. The molecule has 0 unspecified atom stereocenters. The van der Waals surface area contributed by atoms with Gasteiger partial charge in [-0.25, -0.2) is 0 Å². The van der Waals surface area contributed by atoms with Crippen LogP contribution in [0.4, 0.5) is 0 Å². The summed E-state index contributed by atoms with van der Waals surface area (Å²) in [5.74, 6) is 0.821. The molecule has 0 saturated carbocycles. The number of carbonyl (C=O) groups is 1. The van der Waals surface area contributed by atoms with Crippen molar-refractivity contribution in [2.24, 2.45) is 0 Å². The molecule has 0 spiro atoms. The molecule has 0 bridgehead atoms. The molecule has 0 fully saturated rings. The standard InChI is InChI=1S/C16H10O2/c17-14-9-18-16-13-8-4-2-6-11(13)10-5-1-3-7-12(10)15(14)16/h1-8H,9H2. The largest absolute Gasteiger partial charge is 0.484 e. The van der Waals surface area contributed by atoms with E-state index in [1.165, 1.54) is 0 Å². The van der Waals surface area contributed by atoms with Crippen molar-refractivity contribution in [2.45, 2.75) is 0 Å². The molecular weight excluding hydrogens is 224 g/mol. The summed E-state index contributed by atoms with van der Waals surface area (Å²) in [6, 6.07) is 16.1. The molecule has 1 aliphatic heterocycles. The Bertz CT molecular complexity index is 803. The van der Waals surface area contributed by atoms with Crippen LogP contribution < -0.4 is 4.74 Å². The van der Waals surface area contributed by atoms with Gasteiger partial charge in [0.25, 0.3) is 0 Å². The number of carbonyl (C=O) groups excluding carboxylic acids is 1. The van der Waals surface area contributed by atoms with E-state index in [0.29, 0.717) is 0 Å². The van der Waals surface area contributed by atoms with Crippen molar-refractivity contribution in [3.63, 3.8) is 0 Å². The van der Waals surface area contributed by atoms with Crippen LogP contribution in [0, 0.1) is 0 Å². The summed E-state index contributed by atoms with van der Waals surface area (Å²) in [7, 11) is 0. The molecule has 3 aromatic carbocycles. The van der Waals surface area contributed by atoms with E-state index in [4.69, 9.17) is 4.74 Å². The Morgan fingerprint density at radius 3 is 2.06 bits per heavy atom. The number of benzene rings is 3. The third kappa shape index (κ3) is 1.10. The molecule has 0 radical (unpaired) electrons. The van der Waals surface area contributed by atoms with Crippen molar-refractivity contribution in [2.75, 3.05) is 6.61 Å². The summed E-state index contributed by atoms with van der Waals surface area (Å²) in [5.41, 5.74) is 0.740. The van der Waals surface area contributed by atoms with Gasteiger partial charge in [0.05, 0.1) is 5.56 Å². The molecule has 0 atom stereocenters. The molecule has 86 valence electrons. The van der Waals surface area contributed by atoms with E-state index in [2.05, 4.69) is 12.1 Å². The smallest absolute Gasteiger partial charge is 0.204 e. The number of ketones is 1. The Labute approximate surface area is 104 Å². The zero-order chi connectivity index (χ0) is 12.1. The number of rotatable bonds is 0. The average molecular weight is 234 g/mol. The second kappa shape index (κ2) is 3.33. The number of hydrogen-bond acceptors (Lipinski definition) is 2. The number of fused-ring (bicyclic) bond motifs is 6. The molecule has 0 N–H and O–H groups in total. The van der Waals surface area contributed by atoms with Crippen LogP contribution in [0.3, 0.4) is 0 Å². The minimum absolute atomic E-state index is 0.0759. The first-order chi connectivity index (χ1) is 8.86. The van der Waals surface area contributed by atoms with Crippen molar-refractivity contribution in [3.05, 3.63) is 54.1 Å². The number of hydrogen-bond donors (Lipinski definition) is 0. The van der Waals surface area contributed by atoms with Gasteiger partial charge in [0, 0.05) is 5.39 Å². The van der Waals surface area contributed by atoms with E-state index in [1.54, 1.807) is 0 Å². The highest BCUT2D eigenvalue weighted by Gasteiger charge is 2.26. The minimum Gasteiger partial charge on any atom is -0.484 e. The lowest BCUT2D eigenvalue weighted by molar-refractivity contribution is 0.0962. The van der Waals surface area contributed by atoms with Gasteiger partial charge in [-0.1, -0.05) is 48.5 Å². The zero-order valence-electron chi connectivity index (χ0n) is 9.64. The van der Waals surface area contributed by atoms with E-state index in [1.807, 2.05) is 36.4 Å². The Balaban J connectivity index is 2.36. The van der Waals surface area contributed by atoms with Crippen LogP contribution in [-0.2, 0) is 0 Å². The molecule has 4 rings (SSSR count). The van der Waals surface area contributed by atoms with Crippen LogP contribution in [0.2, 0.25) is 0 Å². The van der Waals surface area contributed by atoms with Gasteiger partial charge in [0.1, 0.15) is 5.75 Å². The van der Waals surface area contributed by atoms with Crippen molar-refractivity contribution < 1.29 is 9.53 Å². The molecular formula is C16H10O2. The third-order valence-electron chi connectivity index (χ3n) is 3.51. The number of Topliss-reactive ketones (excluding diaryl/α,β-unsaturated/α-hetero) is 1. The summed E-state index contributed by atoms with van der Waals surface area (Å²) >= 11 is 0. The van der Waals surface area contributed by atoms with Gasteiger partial charge in [-0.15, -0.1) is 0 Å². The van der Waals surface area contributed by atoms with E-state index in [9.17, 15) is 4.79 Å². The van der Waals surface area contributed by atoms with Gasteiger partial charge < -0.3 is 4.74 Å². The molecule has 0 aliphatic carbocycles. The van der Waals surface area contributed by atoms with Gasteiger partial charge in [0.15, 0.2) is 6.61 Å². The Morgan fingerprint density at radius 2 is 1.33 bits per heavy atom. The van der Waals surface area contributed by atoms with Gasteiger partial charge in [-0.05, 0) is 16.2 Å². The Morgan fingerprint density at radius 1 is 0.778 bits per heavy atom. The van der Waals surface area contributed by atoms with Crippen molar-refractivity contribution >= 4 is 27.3 Å². The van der Waals surface area contributed by atoms with Crippen molar-refractivity contribution in [1.29, 1.82) is 0 Å². The molecule has 1 heterocycles. The lowest BCUT2D eigenvalue weighted by atomic mass is 9.95. The van der Waals surface area contributed by atoms with Gasteiger partial charge in [-0.3, -0.25) is 4.79 Å². The van der Waals surface area contributed by atoms with Gasteiger partial charge >= 0.3 is 0 Å². The quantitative estimate of drug-likeness (QED) is 0.556. The maximum absolute atomic E-state index is 12.0. The number of ether oxygens (including phenoxy) is 1. The maximum Gasteiger partial charge on any atom is 0.204 e. The summed E-state index contributed by atoms with van der Waals surface area (Å²) in [6.07, 6.45) is 0. The molecule has 0 aromatic heterocycles. The molecule has 3 aromatic rings. The fraction of sp³-hybridized carbons (Fsp3) is 0.0625. The zero-order valence-corrected chi connectivity index (χ0v) is 9.64. The lowest BCUT2D eigenvalue weighted by Gasteiger charge is -2.09. The van der Waals surface area contributed by atoms with Crippen LogP contribution in [-0.4, -0.2) is 12.4 Å². The van der Waals surface area contributed by atoms with E-state index in [-0.39, 0.29) is 12.4 Å². The lowest BCUT2D eigenvalue weighted by Crippen LogP contribution is -1.99. The second-order valence-corrected chi connectivity index (χ2v) is 4.51. The van der Waals surface area contributed by atoms with Crippen LogP contribution in [0.25, 0.3) is 21.5 Å². The normalized spacial score (nSPS) is 13.9. The molecule has 2 heteroatoms. The summed E-state index contributed by atoms with van der Waals surface area (Å²) in [5, 5.41) is 4.28. The molecule has 18 heavy (non-hydrogen) atoms. The predicted molar refractivity (Wildman–Crippen MR) is 71.3 cm³/mol. The topological polar surface area (TPSA) is 26.3 Å². The minimum atomic E-state index is 0.0759. The first kappa shape index (κ1) is 9.66. The van der Waals surface area contributed by atoms with Crippen LogP contribution in [0.5, 0.6) is 5.75 Å². The van der Waals surface area contributed by atoms with Gasteiger partial charge in [-0.2, -0.15) is 0 Å². The highest BCUT2D eigenvalue weighted by molar-refractivity contribution is 6.22. The first-order valence-corrected chi connectivity index (χ1v) is 5.96. The average Bonchev–Trinajstić information content (AvgIpc) is 2.82. The molecule has 2 nitrogen and oxygen atoms in total. The molecule has 1 aliphatic rings. The maximum atomic E-state index is 12.0. The summed E-state index contributed by atoms with van der Waals surface area (Å²) in [4.78, 5) is 12.0. The summed E-state index contributed by atoms with van der Waals surface area (Å²) in [6.45, 7) is 0.160.